The van der Waals surface area contributed by atoms with E-state index >= 15 is 0 Å². The van der Waals surface area contributed by atoms with Gasteiger partial charge >= 0.3 is 0 Å². The number of amides is 1. The standard InChI is InChI=1S/C14H20N2O2/c1-2-12-10-18-9-8-16(12)14(17)13(15)11-6-4-3-5-7-11/h3-7,12-13H,2,8-10,15H2,1H3. The molecule has 2 rings (SSSR count). The molecule has 4 nitrogen and oxygen atoms in total. The van der Waals surface area contributed by atoms with Gasteiger partial charge in [0.15, 0.2) is 0 Å². The highest BCUT2D eigenvalue weighted by atomic mass is 16.5. The lowest BCUT2D eigenvalue weighted by molar-refractivity contribution is -0.141. The Balaban J connectivity index is 2.10. The molecular formula is C14H20N2O2. The van der Waals surface area contributed by atoms with Crippen molar-refractivity contribution in [1.29, 1.82) is 0 Å². The zero-order chi connectivity index (χ0) is 13.0. The molecule has 1 saturated heterocycles. The molecule has 0 aliphatic carbocycles. The van der Waals surface area contributed by atoms with Gasteiger partial charge in [-0.1, -0.05) is 37.3 Å². The first-order valence-electron chi connectivity index (χ1n) is 6.42. The highest BCUT2D eigenvalue weighted by Crippen LogP contribution is 2.18. The third kappa shape index (κ3) is 2.71. The Morgan fingerprint density at radius 2 is 2.22 bits per heavy atom. The number of ether oxygens (including phenoxy) is 1. The first-order chi connectivity index (χ1) is 8.74. The summed E-state index contributed by atoms with van der Waals surface area (Å²) in [4.78, 5) is 14.3. The van der Waals surface area contributed by atoms with Crippen LogP contribution in [-0.2, 0) is 9.53 Å². The zero-order valence-corrected chi connectivity index (χ0v) is 10.7. The van der Waals surface area contributed by atoms with Crippen molar-refractivity contribution in [3.05, 3.63) is 35.9 Å². The summed E-state index contributed by atoms with van der Waals surface area (Å²) in [5.74, 6) is -0.00338. The molecule has 2 unspecified atom stereocenters. The van der Waals surface area contributed by atoms with Crippen LogP contribution < -0.4 is 5.73 Å². The third-order valence-electron chi connectivity index (χ3n) is 3.41. The average molecular weight is 248 g/mol. The van der Waals surface area contributed by atoms with Gasteiger partial charge in [0.05, 0.1) is 19.3 Å². The molecule has 4 heteroatoms. The van der Waals surface area contributed by atoms with Crippen molar-refractivity contribution < 1.29 is 9.53 Å². The van der Waals surface area contributed by atoms with Crippen LogP contribution in [0.1, 0.15) is 24.9 Å². The molecule has 0 spiro atoms. The molecular weight excluding hydrogens is 228 g/mol. The second kappa shape index (κ2) is 5.98. The van der Waals surface area contributed by atoms with Gasteiger partial charge < -0.3 is 15.4 Å². The summed E-state index contributed by atoms with van der Waals surface area (Å²) < 4.78 is 5.40. The molecule has 0 aromatic heterocycles. The Morgan fingerprint density at radius 1 is 1.50 bits per heavy atom. The summed E-state index contributed by atoms with van der Waals surface area (Å²) in [6.07, 6.45) is 0.896. The second-order valence-corrected chi connectivity index (χ2v) is 4.56. The summed E-state index contributed by atoms with van der Waals surface area (Å²) >= 11 is 0. The molecule has 0 bridgehead atoms. The van der Waals surface area contributed by atoms with Crippen molar-refractivity contribution in [2.45, 2.75) is 25.4 Å². The van der Waals surface area contributed by atoms with Gasteiger partial charge in [0.2, 0.25) is 5.91 Å². The number of morpholine rings is 1. The molecule has 1 aliphatic heterocycles. The monoisotopic (exact) mass is 248 g/mol. The van der Waals surface area contributed by atoms with E-state index in [0.29, 0.717) is 19.8 Å². The van der Waals surface area contributed by atoms with Crippen LogP contribution in [0.3, 0.4) is 0 Å². The van der Waals surface area contributed by atoms with Gasteiger partial charge in [0, 0.05) is 6.54 Å². The van der Waals surface area contributed by atoms with E-state index in [1.165, 1.54) is 0 Å². The molecule has 1 aromatic carbocycles. The molecule has 18 heavy (non-hydrogen) atoms. The minimum absolute atomic E-state index is 0.00338. The van der Waals surface area contributed by atoms with Gasteiger partial charge in [-0.15, -0.1) is 0 Å². The Labute approximate surface area is 108 Å². The lowest BCUT2D eigenvalue weighted by atomic mass is 10.0. The van der Waals surface area contributed by atoms with Crippen molar-refractivity contribution in [3.8, 4) is 0 Å². The zero-order valence-electron chi connectivity index (χ0n) is 10.7. The molecule has 2 atom stereocenters. The summed E-state index contributed by atoms with van der Waals surface area (Å²) in [6, 6.07) is 9.09. The smallest absolute Gasteiger partial charge is 0.244 e. The van der Waals surface area contributed by atoms with Crippen LogP contribution >= 0.6 is 0 Å². The molecule has 2 N–H and O–H groups in total. The van der Waals surface area contributed by atoms with E-state index in [9.17, 15) is 4.79 Å². The molecule has 1 aliphatic rings. The number of benzene rings is 1. The molecule has 1 amide bonds. The normalized spacial score (nSPS) is 21.7. The number of nitrogens with two attached hydrogens (primary N) is 1. The first kappa shape index (κ1) is 13.1. The molecule has 1 fully saturated rings. The SMILES string of the molecule is CCC1COCCN1C(=O)C(N)c1ccccc1. The summed E-state index contributed by atoms with van der Waals surface area (Å²) in [5.41, 5.74) is 6.92. The van der Waals surface area contributed by atoms with Crippen molar-refractivity contribution in [1.82, 2.24) is 4.90 Å². The molecule has 1 aromatic rings. The van der Waals surface area contributed by atoms with Gasteiger partial charge in [-0.3, -0.25) is 4.79 Å². The summed E-state index contributed by atoms with van der Waals surface area (Å²) in [7, 11) is 0. The maximum absolute atomic E-state index is 12.4. The van der Waals surface area contributed by atoms with E-state index in [1.54, 1.807) is 0 Å². The van der Waals surface area contributed by atoms with Crippen LogP contribution in [0.5, 0.6) is 0 Å². The largest absolute Gasteiger partial charge is 0.377 e. The van der Waals surface area contributed by atoms with Crippen LogP contribution in [0.4, 0.5) is 0 Å². The van der Waals surface area contributed by atoms with Gasteiger partial charge in [0.25, 0.3) is 0 Å². The Bertz CT molecular complexity index is 394. The van der Waals surface area contributed by atoms with Crippen molar-refractivity contribution in [3.63, 3.8) is 0 Å². The predicted molar refractivity (Wildman–Crippen MR) is 70.0 cm³/mol. The lowest BCUT2D eigenvalue weighted by Crippen LogP contribution is -2.51. The maximum atomic E-state index is 12.4. The molecule has 0 saturated carbocycles. The Morgan fingerprint density at radius 3 is 2.89 bits per heavy atom. The van der Waals surface area contributed by atoms with Crippen LogP contribution in [-0.4, -0.2) is 36.6 Å². The van der Waals surface area contributed by atoms with E-state index in [-0.39, 0.29) is 11.9 Å². The third-order valence-corrected chi connectivity index (χ3v) is 3.41. The minimum atomic E-state index is -0.571. The highest BCUT2D eigenvalue weighted by Gasteiger charge is 2.29. The first-order valence-corrected chi connectivity index (χ1v) is 6.42. The number of nitrogens with zero attached hydrogens (tertiary/aromatic N) is 1. The number of carbonyl (C=O) groups is 1. The highest BCUT2D eigenvalue weighted by molar-refractivity contribution is 5.83. The summed E-state index contributed by atoms with van der Waals surface area (Å²) in [5, 5.41) is 0. The molecule has 98 valence electrons. The fourth-order valence-corrected chi connectivity index (χ4v) is 2.26. The maximum Gasteiger partial charge on any atom is 0.244 e. The van der Waals surface area contributed by atoms with Gasteiger partial charge in [-0.05, 0) is 12.0 Å². The fraction of sp³-hybridized carbons (Fsp3) is 0.500. The van der Waals surface area contributed by atoms with Crippen molar-refractivity contribution in [2.24, 2.45) is 5.73 Å². The minimum Gasteiger partial charge on any atom is -0.377 e. The van der Waals surface area contributed by atoms with E-state index in [1.807, 2.05) is 35.2 Å². The average Bonchev–Trinajstić information content (AvgIpc) is 2.46. The van der Waals surface area contributed by atoms with Gasteiger partial charge in [0.1, 0.15) is 6.04 Å². The second-order valence-electron chi connectivity index (χ2n) is 4.56. The van der Waals surface area contributed by atoms with E-state index in [4.69, 9.17) is 10.5 Å². The number of rotatable bonds is 3. The van der Waals surface area contributed by atoms with Crippen LogP contribution in [0.2, 0.25) is 0 Å². The topological polar surface area (TPSA) is 55.6 Å². The summed E-state index contributed by atoms with van der Waals surface area (Å²) in [6.45, 7) is 3.92. The van der Waals surface area contributed by atoms with Crippen LogP contribution in [0.25, 0.3) is 0 Å². The number of carbonyl (C=O) groups excluding carboxylic acids is 1. The van der Waals surface area contributed by atoms with Gasteiger partial charge in [-0.2, -0.15) is 0 Å². The van der Waals surface area contributed by atoms with E-state index < -0.39 is 6.04 Å². The van der Waals surface area contributed by atoms with E-state index in [2.05, 4.69) is 6.92 Å². The van der Waals surface area contributed by atoms with Gasteiger partial charge in [-0.25, -0.2) is 0 Å². The van der Waals surface area contributed by atoms with Crippen LogP contribution in [0, 0.1) is 0 Å². The number of hydrogen-bond acceptors (Lipinski definition) is 3. The van der Waals surface area contributed by atoms with E-state index in [0.717, 1.165) is 12.0 Å². The fourth-order valence-electron chi connectivity index (χ4n) is 2.26. The van der Waals surface area contributed by atoms with Crippen LogP contribution in [0.15, 0.2) is 30.3 Å². The molecule has 1 heterocycles. The Kier molecular flexibility index (Phi) is 4.33. The van der Waals surface area contributed by atoms with Crippen molar-refractivity contribution in [2.75, 3.05) is 19.8 Å². The Hall–Kier alpha value is -1.39. The molecule has 0 radical (unpaired) electrons. The number of hydrogen-bond donors (Lipinski definition) is 1. The van der Waals surface area contributed by atoms with Crippen molar-refractivity contribution >= 4 is 5.91 Å². The predicted octanol–water partition coefficient (Wildman–Crippen LogP) is 1.32. The quantitative estimate of drug-likeness (QED) is 0.878. The lowest BCUT2D eigenvalue weighted by Gasteiger charge is -2.36.